The second-order valence-corrected chi connectivity index (χ2v) is 12.0. The minimum Gasteiger partial charge on any atom is -0.254 e. The van der Waals surface area contributed by atoms with Crippen molar-refractivity contribution in [3.63, 3.8) is 0 Å². The van der Waals surface area contributed by atoms with E-state index in [9.17, 15) is 0 Å². The number of nitrogens with zero attached hydrogens (tertiary/aromatic N) is 4. The van der Waals surface area contributed by atoms with Gasteiger partial charge in [0.15, 0.2) is 0 Å². The standard InChI is InChI=1S/C10H13BrN2.C10H14N2.CCl4/c1-6-7(2)13-10-8(11)4-3-5-9(10)12-6;1-7-8(2)12-10-6-4-3-5-9(10)11-7;2-1(3,4)5/h8H,3-5H2,1-2H3;3-6H2,1-2H3;. The molecule has 9 heteroatoms. The van der Waals surface area contributed by atoms with Crippen LogP contribution < -0.4 is 0 Å². The van der Waals surface area contributed by atoms with Gasteiger partial charge in [-0.3, -0.25) is 19.9 Å². The highest BCUT2D eigenvalue weighted by Gasteiger charge is 2.21. The Balaban J connectivity index is 0.000000176. The van der Waals surface area contributed by atoms with E-state index in [0.717, 1.165) is 47.7 Å². The first-order chi connectivity index (χ1) is 14.0. The summed E-state index contributed by atoms with van der Waals surface area (Å²) in [7, 11) is 0. The van der Waals surface area contributed by atoms with Crippen molar-refractivity contribution in [3.05, 3.63) is 45.6 Å². The summed E-state index contributed by atoms with van der Waals surface area (Å²) in [5, 5.41) is 0. The maximum Gasteiger partial charge on any atom is 0.266 e. The summed E-state index contributed by atoms with van der Waals surface area (Å²) in [4.78, 5) is 18.7. The van der Waals surface area contributed by atoms with Gasteiger partial charge in [0.25, 0.3) is 3.25 Å². The molecule has 4 nitrogen and oxygen atoms in total. The highest BCUT2D eigenvalue weighted by atomic mass is 79.9. The first kappa shape index (κ1) is 26.1. The largest absolute Gasteiger partial charge is 0.266 e. The predicted octanol–water partition coefficient (Wildman–Crippen LogP) is 7.39. The molecule has 0 bridgehead atoms. The van der Waals surface area contributed by atoms with E-state index >= 15 is 0 Å². The highest BCUT2D eigenvalue weighted by molar-refractivity contribution is 9.09. The molecule has 0 aliphatic heterocycles. The van der Waals surface area contributed by atoms with E-state index in [1.54, 1.807) is 0 Å². The summed E-state index contributed by atoms with van der Waals surface area (Å²) in [5.41, 5.74) is 9.15. The molecule has 2 aliphatic rings. The lowest BCUT2D eigenvalue weighted by Crippen LogP contribution is -2.12. The lowest BCUT2D eigenvalue weighted by molar-refractivity contribution is 0.638. The second-order valence-electron chi connectivity index (χ2n) is 7.51. The van der Waals surface area contributed by atoms with E-state index in [2.05, 4.69) is 35.9 Å². The Hall–Kier alpha value is -0.200. The molecule has 30 heavy (non-hydrogen) atoms. The smallest absolute Gasteiger partial charge is 0.254 e. The van der Waals surface area contributed by atoms with Crippen LogP contribution in [-0.4, -0.2) is 23.2 Å². The number of aryl methyl sites for hydroxylation is 7. The minimum atomic E-state index is -1.61. The van der Waals surface area contributed by atoms with Gasteiger partial charge in [0.2, 0.25) is 0 Å². The van der Waals surface area contributed by atoms with Gasteiger partial charge in [-0.1, -0.05) is 62.3 Å². The Morgan fingerprint density at radius 3 is 1.50 bits per heavy atom. The van der Waals surface area contributed by atoms with E-state index < -0.39 is 3.25 Å². The van der Waals surface area contributed by atoms with Crippen molar-refractivity contribution in [1.29, 1.82) is 0 Å². The SMILES string of the molecule is Cc1nc2c(nc1C)C(Br)CCC2.Cc1nc2c(nc1C)CCCC2.ClC(Cl)(Cl)Cl. The van der Waals surface area contributed by atoms with Crippen LogP contribution in [0.15, 0.2) is 0 Å². The van der Waals surface area contributed by atoms with Gasteiger partial charge >= 0.3 is 0 Å². The summed E-state index contributed by atoms with van der Waals surface area (Å²) in [6.07, 6.45) is 8.32. The zero-order chi connectivity index (χ0) is 22.5. The number of alkyl halides is 5. The van der Waals surface area contributed by atoms with E-state index in [-0.39, 0.29) is 0 Å². The molecular formula is C21H27BrCl4N4. The molecule has 2 aromatic heterocycles. The normalized spacial score (nSPS) is 17.6. The summed E-state index contributed by atoms with van der Waals surface area (Å²) in [5.74, 6) is 0. The number of hydrogen-bond acceptors (Lipinski definition) is 4. The van der Waals surface area contributed by atoms with E-state index in [1.165, 1.54) is 42.8 Å². The summed E-state index contributed by atoms with van der Waals surface area (Å²) in [6.45, 7) is 8.13. The van der Waals surface area contributed by atoms with Gasteiger partial charge in [0.05, 0.1) is 50.4 Å². The van der Waals surface area contributed by atoms with Crippen LogP contribution in [0, 0.1) is 27.7 Å². The van der Waals surface area contributed by atoms with E-state index in [4.69, 9.17) is 46.4 Å². The Morgan fingerprint density at radius 1 is 0.667 bits per heavy atom. The molecule has 0 N–H and O–H groups in total. The van der Waals surface area contributed by atoms with Gasteiger partial charge in [-0.05, 0) is 72.6 Å². The van der Waals surface area contributed by atoms with E-state index in [0.29, 0.717) is 4.83 Å². The van der Waals surface area contributed by atoms with Gasteiger partial charge in [-0.2, -0.15) is 0 Å². The molecule has 2 heterocycles. The number of fused-ring (bicyclic) bond motifs is 2. The molecule has 1 unspecified atom stereocenters. The van der Waals surface area contributed by atoms with Gasteiger partial charge < -0.3 is 0 Å². The molecule has 0 fully saturated rings. The number of halogens is 5. The molecule has 4 rings (SSSR count). The van der Waals surface area contributed by atoms with Crippen molar-refractivity contribution in [2.24, 2.45) is 0 Å². The van der Waals surface area contributed by atoms with Crippen LogP contribution in [0.3, 0.4) is 0 Å². The summed E-state index contributed by atoms with van der Waals surface area (Å²) >= 11 is 22.9. The molecular weight excluding hydrogens is 530 g/mol. The van der Waals surface area contributed by atoms with Gasteiger partial charge in [-0.15, -0.1) is 0 Å². The van der Waals surface area contributed by atoms with Crippen molar-refractivity contribution >= 4 is 62.3 Å². The second kappa shape index (κ2) is 11.6. The summed E-state index contributed by atoms with van der Waals surface area (Å²) in [6, 6.07) is 0. The quantitative estimate of drug-likeness (QED) is 0.317. The monoisotopic (exact) mass is 554 g/mol. The van der Waals surface area contributed by atoms with Crippen molar-refractivity contribution < 1.29 is 0 Å². The minimum absolute atomic E-state index is 0.419. The van der Waals surface area contributed by atoms with Gasteiger partial charge in [0.1, 0.15) is 0 Å². The maximum absolute atomic E-state index is 4.83. The van der Waals surface area contributed by atoms with Gasteiger partial charge in [-0.25, -0.2) is 0 Å². The van der Waals surface area contributed by atoms with Crippen LogP contribution in [0.25, 0.3) is 0 Å². The molecule has 0 spiro atoms. The van der Waals surface area contributed by atoms with E-state index in [1.807, 2.05) is 27.7 Å². The average molecular weight is 557 g/mol. The summed E-state index contributed by atoms with van der Waals surface area (Å²) < 4.78 is -1.61. The molecule has 2 aliphatic carbocycles. The Morgan fingerprint density at radius 2 is 1.03 bits per heavy atom. The third kappa shape index (κ3) is 8.38. The Kier molecular flexibility index (Phi) is 10.1. The molecule has 0 saturated heterocycles. The van der Waals surface area contributed by atoms with Crippen molar-refractivity contribution in [2.45, 2.75) is 80.7 Å². The molecule has 2 aromatic rings. The topological polar surface area (TPSA) is 51.6 Å². The van der Waals surface area contributed by atoms with Crippen molar-refractivity contribution in [3.8, 4) is 0 Å². The maximum atomic E-state index is 4.83. The first-order valence-corrected chi connectivity index (χ1v) is 12.4. The fraction of sp³-hybridized carbons (Fsp3) is 0.619. The number of aromatic nitrogens is 4. The Labute approximate surface area is 207 Å². The van der Waals surface area contributed by atoms with Crippen LogP contribution in [0.4, 0.5) is 0 Å². The zero-order valence-corrected chi connectivity index (χ0v) is 22.3. The van der Waals surface area contributed by atoms with Gasteiger partial charge in [0, 0.05) is 0 Å². The van der Waals surface area contributed by atoms with Crippen LogP contribution in [0.2, 0.25) is 0 Å². The van der Waals surface area contributed by atoms with Crippen molar-refractivity contribution in [2.75, 3.05) is 0 Å². The van der Waals surface area contributed by atoms with Crippen LogP contribution >= 0.6 is 62.3 Å². The molecule has 0 amide bonds. The molecule has 0 radical (unpaired) electrons. The fourth-order valence-corrected chi connectivity index (χ4v) is 4.06. The van der Waals surface area contributed by atoms with Crippen molar-refractivity contribution in [1.82, 2.24) is 19.9 Å². The van der Waals surface area contributed by atoms with Crippen LogP contribution in [-0.2, 0) is 19.3 Å². The Bertz CT molecular complexity index is 834. The predicted molar refractivity (Wildman–Crippen MR) is 130 cm³/mol. The third-order valence-electron chi connectivity index (χ3n) is 5.12. The third-order valence-corrected chi connectivity index (χ3v) is 6.01. The van der Waals surface area contributed by atoms with Crippen LogP contribution in [0.5, 0.6) is 0 Å². The first-order valence-electron chi connectivity index (χ1n) is 10.0. The van der Waals surface area contributed by atoms with Crippen LogP contribution in [0.1, 0.15) is 76.1 Å². The number of hydrogen-bond donors (Lipinski definition) is 0. The molecule has 0 aromatic carbocycles. The molecule has 166 valence electrons. The lowest BCUT2D eigenvalue weighted by atomic mass is 10.00. The fourth-order valence-electron chi connectivity index (χ4n) is 3.37. The lowest BCUT2D eigenvalue weighted by Gasteiger charge is -2.19. The average Bonchev–Trinajstić information content (AvgIpc) is 2.64. The molecule has 1 atom stereocenters. The molecule has 0 saturated carbocycles. The zero-order valence-electron chi connectivity index (χ0n) is 17.7. The number of rotatable bonds is 0. The highest BCUT2D eigenvalue weighted by Crippen LogP contribution is 2.34.